The number of aliphatic hydroxyl groups is 2. The Morgan fingerprint density at radius 3 is 2.14 bits per heavy atom. The third-order valence-corrected chi connectivity index (χ3v) is 9.73. The minimum Gasteiger partial charge on any atom is -0.481 e. The summed E-state index contributed by atoms with van der Waals surface area (Å²) in [5.74, 6) is -0.632. The van der Waals surface area contributed by atoms with Crippen LogP contribution in [0.4, 0.5) is 0 Å². The molecule has 0 amide bonds. The summed E-state index contributed by atoms with van der Waals surface area (Å²) in [5.41, 5.74) is -4.88. The number of carboxylic acids is 1. The van der Waals surface area contributed by atoms with Gasteiger partial charge in [-0.25, -0.2) is 0 Å². The summed E-state index contributed by atoms with van der Waals surface area (Å²) >= 11 is 0. The van der Waals surface area contributed by atoms with Crippen LogP contribution in [-0.4, -0.2) is 59.3 Å². The van der Waals surface area contributed by atoms with Gasteiger partial charge in [0, 0.05) is 19.6 Å². The van der Waals surface area contributed by atoms with E-state index in [0.29, 0.717) is 32.1 Å². The van der Waals surface area contributed by atoms with E-state index in [1.54, 1.807) is 0 Å². The van der Waals surface area contributed by atoms with Crippen molar-refractivity contribution in [3.8, 4) is 0 Å². The smallest absolute Gasteiger partial charge is 0.309 e. The molecule has 0 bridgehead atoms. The molecule has 0 aromatic carbocycles. The number of fused-ring (bicyclic) bond motifs is 5. The first-order chi connectivity index (χ1) is 13.5. The molecule has 3 N–H and O–H groups in total. The van der Waals surface area contributed by atoms with Crippen molar-refractivity contribution in [3.63, 3.8) is 0 Å². The minimum atomic E-state index is -1.64. The van der Waals surface area contributed by atoms with Gasteiger partial charge in [0.05, 0.1) is 5.41 Å². The van der Waals surface area contributed by atoms with Gasteiger partial charge in [-0.2, -0.15) is 0 Å². The number of carbonyl (C=O) groups is 1. The summed E-state index contributed by atoms with van der Waals surface area (Å²) in [4.78, 5) is 12.2. The molecule has 3 saturated carbocycles. The van der Waals surface area contributed by atoms with E-state index < -0.39 is 40.6 Å². The molecule has 166 valence electrons. The number of methoxy groups -OCH3 is 2. The fourth-order valence-corrected chi connectivity index (χ4v) is 8.30. The van der Waals surface area contributed by atoms with Gasteiger partial charge in [-0.05, 0) is 62.7 Å². The number of hydrogen-bond donors (Lipinski definition) is 3. The lowest BCUT2D eigenvalue weighted by Gasteiger charge is -2.68. The molecule has 7 heteroatoms. The molecule has 0 radical (unpaired) electrons. The van der Waals surface area contributed by atoms with Crippen molar-refractivity contribution >= 4 is 5.97 Å². The summed E-state index contributed by atoms with van der Waals surface area (Å²) in [6.45, 7) is 6.13. The molecular formula is C22H36O7. The van der Waals surface area contributed by atoms with Crippen molar-refractivity contribution in [2.24, 2.45) is 28.1 Å². The monoisotopic (exact) mass is 412 g/mol. The normalized spacial score (nSPS) is 56.9. The summed E-state index contributed by atoms with van der Waals surface area (Å²) in [6, 6.07) is 0. The topological polar surface area (TPSA) is 105 Å². The van der Waals surface area contributed by atoms with Crippen molar-refractivity contribution < 1.29 is 34.3 Å². The van der Waals surface area contributed by atoms with Crippen LogP contribution in [0.5, 0.6) is 0 Å². The maximum Gasteiger partial charge on any atom is 0.309 e. The van der Waals surface area contributed by atoms with Crippen molar-refractivity contribution in [2.75, 3.05) is 14.2 Å². The highest BCUT2D eigenvalue weighted by molar-refractivity contribution is 5.75. The van der Waals surface area contributed by atoms with Gasteiger partial charge in [0.15, 0.2) is 18.2 Å². The van der Waals surface area contributed by atoms with Crippen LogP contribution in [0.1, 0.15) is 65.7 Å². The zero-order valence-electron chi connectivity index (χ0n) is 18.2. The SMILES string of the molecule is COC1O[C@H](OC)[C@@]2(O)[C@]3(C)CCC4[C@](C)(CCC[C@]4(C)C(=O)O)C3CC[C@]12O. The molecule has 1 heterocycles. The van der Waals surface area contributed by atoms with Gasteiger partial charge >= 0.3 is 5.97 Å². The summed E-state index contributed by atoms with van der Waals surface area (Å²) < 4.78 is 16.8. The first-order valence-electron chi connectivity index (χ1n) is 10.8. The highest BCUT2D eigenvalue weighted by Crippen LogP contribution is 2.72. The van der Waals surface area contributed by atoms with Gasteiger partial charge in [0.1, 0.15) is 5.60 Å². The van der Waals surface area contributed by atoms with Crippen LogP contribution in [0.3, 0.4) is 0 Å². The number of hydrogen-bond acceptors (Lipinski definition) is 6. The lowest BCUT2D eigenvalue weighted by atomic mass is 9.37. The summed E-state index contributed by atoms with van der Waals surface area (Å²) in [7, 11) is 2.94. The Morgan fingerprint density at radius 1 is 0.931 bits per heavy atom. The van der Waals surface area contributed by atoms with Crippen LogP contribution in [0, 0.1) is 28.1 Å². The van der Waals surface area contributed by atoms with E-state index in [1.165, 1.54) is 14.2 Å². The molecule has 3 aliphatic carbocycles. The Morgan fingerprint density at radius 2 is 1.55 bits per heavy atom. The number of ether oxygens (including phenoxy) is 3. The third kappa shape index (κ3) is 2.29. The summed E-state index contributed by atoms with van der Waals surface area (Å²) in [5, 5.41) is 33.8. The van der Waals surface area contributed by atoms with Crippen LogP contribution >= 0.6 is 0 Å². The van der Waals surface area contributed by atoms with Crippen LogP contribution in [0.2, 0.25) is 0 Å². The fourth-order valence-electron chi connectivity index (χ4n) is 8.30. The fraction of sp³-hybridized carbons (Fsp3) is 0.955. The molecule has 0 spiro atoms. The Balaban J connectivity index is 1.82. The van der Waals surface area contributed by atoms with Crippen molar-refractivity contribution in [1.82, 2.24) is 0 Å². The van der Waals surface area contributed by atoms with E-state index in [9.17, 15) is 20.1 Å². The van der Waals surface area contributed by atoms with Gasteiger partial charge in [-0.3, -0.25) is 4.79 Å². The molecule has 29 heavy (non-hydrogen) atoms. The average Bonchev–Trinajstić information content (AvgIpc) is 2.89. The predicted molar refractivity (Wildman–Crippen MR) is 104 cm³/mol. The molecule has 4 aliphatic rings. The molecule has 1 aliphatic heterocycles. The first-order valence-corrected chi connectivity index (χ1v) is 10.8. The van der Waals surface area contributed by atoms with Crippen molar-refractivity contribution in [2.45, 2.75) is 89.5 Å². The van der Waals surface area contributed by atoms with Crippen LogP contribution < -0.4 is 0 Å². The molecule has 3 unspecified atom stereocenters. The molecule has 4 fully saturated rings. The molecule has 4 rings (SSSR count). The zero-order valence-corrected chi connectivity index (χ0v) is 18.2. The number of aliphatic carboxylic acids is 1. The maximum absolute atomic E-state index is 12.2. The van der Waals surface area contributed by atoms with Gasteiger partial charge in [0.2, 0.25) is 0 Å². The molecule has 0 aromatic rings. The number of carboxylic acid groups (broad SMARTS) is 1. The first kappa shape index (κ1) is 21.5. The van der Waals surface area contributed by atoms with E-state index in [2.05, 4.69) is 6.92 Å². The molecule has 1 saturated heterocycles. The average molecular weight is 413 g/mol. The lowest BCUT2D eigenvalue weighted by Crippen LogP contribution is -2.75. The lowest BCUT2D eigenvalue weighted by molar-refractivity contribution is -0.318. The standard InChI is InChI=1S/C22H36O7/c1-18-9-6-10-19(2,15(23)24)13(18)7-11-20(3)14(18)8-12-21(25)16(27-4)29-17(28-5)22(20,21)26/h13-14,16-17,25-26H,6-12H2,1-5H3,(H,23,24)/t13?,14?,16?,17-,18-,19-,20+,21-,22+/m0/s1. The molecule has 0 aromatic heterocycles. The molecule has 9 atom stereocenters. The third-order valence-electron chi connectivity index (χ3n) is 9.73. The predicted octanol–water partition coefficient (Wildman–Crippen LogP) is 2.53. The second-order valence-electron chi connectivity index (χ2n) is 10.6. The van der Waals surface area contributed by atoms with E-state index in [0.717, 1.165) is 12.8 Å². The van der Waals surface area contributed by atoms with Crippen molar-refractivity contribution in [1.29, 1.82) is 0 Å². The second-order valence-corrected chi connectivity index (χ2v) is 10.6. The van der Waals surface area contributed by atoms with Crippen LogP contribution in [-0.2, 0) is 19.0 Å². The maximum atomic E-state index is 12.2. The van der Waals surface area contributed by atoms with Gasteiger partial charge in [-0.15, -0.1) is 0 Å². The number of rotatable bonds is 3. The Kier molecular flexibility index (Phi) is 4.74. The highest BCUT2D eigenvalue weighted by Gasteiger charge is 2.79. The Hall–Kier alpha value is -0.730. The van der Waals surface area contributed by atoms with Crippen molar-refractivity contribution in [3.05, 3.63) is 0 Å². The molecule has 7 nitrogen and oxygen atoms in total. The zero-order chi connectivity index (χ0) is 21.5. The van der Waals surface area contributed by atoms with E-state index >= 15 is 0 Å². The Labute approximate surface area is 172 Å². The van der Waals surface area contributed by atoms with E-state index in [-0.39, 0.29) is 17.3 Å². The van der Waals surface area contributed by atoms with E-state index in [1.807, 2.05) is 13.8 Å². The van der Waals surface area contributed by atoms with Gasteiger partial charge < -0.3 is 29.5 Å². The van der Waals surface area contributed by atoms with Crippen LogP contribution in [0.15, 0.2) is 0 Å². The highest BCUT2D eigenvalue weighted by atomic mass is 16.8. The summed E-state index contributed by atoms with van der Waals surface area (Å²) in [6.07, 6.45) is 2.84. The van der Waals surface area contributed by atoms with E-state index in [4.69, 9.17) is 14.2 Å². The second kappa shape index (κ2) is 6.39. The Bertz CT molecular complexity index is 699. The molecular weight excluding hydrogens is 376 g/mol. The quantitative estimate of drug-likeness (QED) is 0.654. The van der Waals surface area contributed by atoms with Crippen LogP contribution in [0.25, 0.3) is 0 Å². The minimum absolute atomic E-state index is 0.0376. The van der Waals surface area contributed by atoms with Gasteiger partial charge in [0.25, 0.3) is 0 Å². The largest absolute Gasteiger partial charge is 0.481 e. The van der Waals surface area contributed by atoms with Gasteiger partial charge in [-0.1, -0.05) is 20.3 Å².